The first kappa shape index (κ1) is 19.3. The molecule has 1 aromatic carbocycles. The summed E-state index contributed by atoms with van der Waals surface area (Å²) < 4.78 is 25.1. The monoisotopic (exact) mass is 416 g/mol. The number of nitrogens with zero attached hydrogens (tertiary/aromatic N) is 3. The van der Waals surface area contributed by atoms with Crippen LogP contribution in [0.2, 0.25) is 0 Å². The van der Waals surface area contributed by atoms with E-state index in [2.05, 4.69) is 19.5 Å². The second-order valence-electron chi connectivity index (χ2n) is 7.30. The first-order valence-corrected chi connectivity index (χ1v) is 11.6. The minimum absolute atomic E-state index is 0.0102. The van der Waals surface area contributed by atoms with E-state index in [1.54, 1.807) is 0 Å². The SMILES string of the molecule is Cc1ccc(C(=O)N2CCCCC2)c(NS(=O)C2CC=CCc3nsnc32)c1. The molecule has 1 aromatic heterocycles. The summed E-state index contributed by atoms with van der Waals surface area (Å²) in [7, 11) is -1.42. The summed E-state index contributed by atoms with van der Waals surface area (Å²) in [6.45, 7) is 3.55. The summed E-state index contributed by atoms with van der Waals surface area (Å²) in [6, 6.07) is 5.68. The summed E-state index contributed by atoms with van der Waals surface area (Å²) in [5.74, 6) is 0.0102. The van der Waals surface area contributed by atoms with Crippen LogP contribution in [0, 0.1) is 6.92 Å². The van der Waals surface area contributed by atoms with Gasteiger partial charge in [-0.1, -0.05) is 18.2 Å². The number of likely N-dealkylation sites (tertiary alicyclic amines) is 1. The molecular formula is C20H24N4O2S2. The third-order valence-electron chi connectivity index (χ3n) is 5.24. The number of fused-ring (bicyclic) bond motifs is 1. The first-order valence-electron chi connectivity index (χ1n) is 9.67. The molecule has 1 aliphatic heterocycles. The van der Waals surface area contributed by atoms with Crippen LogP contribution in [-0.4, -0.2) is 36.9 Å². The van der Waals surface area contributed by atoms with Gasteiger partial charge in [-0.3, -0.25) is 4.79 Å². The predicted molar refractivity (Wildman–Crippen MR) is 113 cm³/mol. The number of hydrogen-bond acceptors (Lipinski definition) is 5. The first-order chi connectivity index (χ1) is 13.6. The Morgan fingerprint density at radius 3 is 2.86 bits per heavy atom. The number of benzene rings is 1. The molecule has 1 amide bonds. The number of piperidine rings is 1. The molecule has 0 saturated carbocycles. The minimum Gasteiger partial charge on any atom is -0.339 e. The molecule has 148 valence electrons. The predicted octanol–water partition coefficient (Wildman–Crippen LogP) is 3.79. The second kappa shape index (κ2) is 8.53. The van der Waals surface area contributed by atoms with Crippen molar-refractivity contribution in [3.05, 3.63) is 52.9 Å². The Labute approximate surface area is 172 Å². The van der Waals surface area contributed by atoms with Crippen molar-refractivity contribution in [3.8, 4) is 0 Å². The van der Waals surface area contributed by atoms with Gasteiger partial charge < -0.3 is 9.62 Å². The summed E-state index contributed by atoms with van der Waals surface area (Å²) in [5.41, 5.74) is 3.94. The molecule has 2 aromatic rings. The molecule has 0 radical (unpaired) electrons. The average Bonchev–Trinajstić information content (AvgIpc) is 3.07. The molecule has 0 bridgehead atoms. The van der Waals surface area contributed by atoms with Crippen LogP contribution in [-0.2, 0) is 17.4 Å². The molecule has 1 saturated heterocycles. The normalized spacial score (nSPS) is 20.3. The highest BCUT2D eigenvalue weighted by Gasteiger charge is 2.28. The van der Waals surface area contributed by atoms with Gasteiger partial charge in [-0.15, -0.1) is 0 Å². The molecule has 28 heavy (non-hydrogen) atoms. The summed E-state index contributed by atoms with van der Waals surface area (Å²) >= 11 is 1.16. The largest absolute Gasteiger partial charge is 0.339 e. The molecule has 2 aliphatic rings. The number of hydrogen-bond donors (Lipinski definition) is 1. The Morgan fingerprint density at radius 1 is 1.21 bits per heavy atom. The maximum atomic E-state index is 13.2. The third kappa shape index (κ3) is 4.03. The van der Waals surface area contributed by atoms with Crippen molar-refractivity contribution in [2.75, 3.05) is 17.8 Å². The van der Waals surface area contributed by atoms with Gasteiger partial charge in [0.1, 0.15) is 16.2 Å². The van der Waals surface area contributed by atoms with Gasteiger partial charge in [0, 0.05) is 19.5 Å². The van der Waals surface area contributed by atoms with Crippen LogP contribution in [0.3, 0.4) is 0 Å². The smallest absolute Gasteiger partial charge is 0.255 e. The van der Waals surface area contributed by atoms with Gasteiger partial charge in [-0.05, 0) is 50.3 Å². The van der Waals surface area contributed by atoms with Gasteiger partial charge in [-0.2, -0.15) is 8.75 Å². The van der Waals surface area contributed by atoms with Gasteiger partial charge in [0.05, 0.1) is 34.4 Å². The van der Waals surface area contributed by atoms with Gasteiger partial charge in [0.2, 0.25) is 0 Å². The van der Waals surface area contributed by atoms with E-state index < -0.39 is 11.0 Å². The van der Waals surface area contributed by atoms with Crippen molar-refractivity contribution in [2.45, 2.75) is 44.3 Å². The van der Waals surface area contributed by atoms with Crippen LogP contribution in [0.1, 0.15) is 58.2 Å². The van der Waals surface area contributed by atoms with Crippen LogP contribution in [0.25, 0.3) is 0 Å². The van der Waals surface area contributed by atoms with Crippen LogP contribution < -0.4 is 4.72 Å². The Bertz CT molecular complexity index is 919. The molecule has 1 aliphatic carbocycles. The molecule has 8 heteroatoms. The van der Waals surface area contributed by atoms with Crippen molar-refractivity contribution in [1.82, 2.24) is 13.6 Å². The number of amides is 1. The zero-order valence-electron chi connectivity index (χ0n) is 15.9. The van der Waals surface area contributed by atoms with Crippen molar-refractivity contribution in [2.24, 2.45) is 0 Å². The lowest BCUT2D eigenvalue weighted by Crippen LogP contribution is -2.36. The number of allylic oxidation sites excluding steroid dienone is 2. The molecule has 6 nitrogen and oxygen atoms in total. The fourth-order valence-electron chi connectivity index (χ4n) is 3.69. The molecule has 2 unspecified atom stereocenters. The summed E-state index contributed by atoms with van der Waals surface area (Å²) in [5, 5.41) is -0.272. The Morgan fingerprint density at radius 2 is 2.04 bits per heavy atom. The van der Waals surface area contributed by atoms with E-state index in [0.717, 1.165) is 61.0 Å². The van der Waals surface area contributed by atoms with Gasteiger partial charge in [0.25, 0.3) is 5.91 Å². The van der Waals surface area contributed by atoms with Crippen LogP contribution in [0.4, 0.5) is 5.69 Å². The number of carbonyl (C=O) groups excluding carboxylic acids is 1. The highest BCUT2D eigenvalue weighted by molar-refractivity contribution is 7.86. The Balaban J connectivity index is 1.59. The van der Waals surface area contributed by atoms with Crippen LogP contribution >= 0.6 is 11.7 Å². The van der Waals surface area contributed by atoms with Gasteiger partial charge in [-0.25, -0.2) is 4.21 Å². The summed E-state index contributed by atoms with van der Waals surface area (Å²) in [4.78, 5) is 15.0. The molecule has 4 rings (SSSR count). The zero-order chi connectivity index (χ0) is 19.5. The van der Waals surface area contributed by atoms with Crippen LogP contribution in [0.5, 0.6) is 0 Å². The number of nitrogens with one attached hydrogen (secondary N) is 1. The highest BCUT2D eigenvalue weighted by Crippen LogP contribution is 2.31. The Kier molecular flexibility index (Phi) is 5.87. The summed E-state index contributed by atoms with van der Waals surface area (Å²) in [6.07, 6.45) is 8.71. The van der Waals surface area contributed by atoms with E-state index >= 15 is 0 Å². The highest BCUT2D eigenvalue weighted by atomic mass is 32.2. The van der Waals surface area contributed by atoms with E-state index in [-0.39, 0.29) is 11.2 Å². The lowest BCUT2D eigenvalue weighted by atomic mass is 10.1. The van der Waals surface area contributed by atoms with E-state index in [1.165, 1.54) is 6.42 Å². The van der Waals surface area contributed by atoms with Gasteiger partial charge in [0.15, 0.2) is 0 Å². The van der Waals surface area contributed by atoms with E-state index in [4.69, 9.17) is 0 Å². The van der Waals surface area contributed by atoms with Crippen molar-refractivity contribution in [3.63, 3.8) is 0 Å². The Hall–Kier alpha value is -2.06. The fourth-order valence-corrected chi connectivity index (χ4v) is 5.59. The maximum absolute atomic E-state index is 13.2. The zero-order valence-corrected chi connectivity index (χ0v) is 17.5. The quantitative estimate of drug-likeness (QED) is 0.770. The van der Waals surface area contributed by atoms with Crippen molar-refractivity contribution < 1.29 is 9.00 Å². The van der Waals surface area contributed by atoms with E-state index in [9.17, 15) is 9.00 Å². The lowest BCUT2D eigenvalue weighted by Gasteiger charge is -2.27. The molecule has 1 fully saturated rings. The lowest BCUT2D eigenvalue weighted by molar-refractivity contribution is 0.0725. The molecule has 0 spiro atoms. The third-order valence-corrected chi connectivity index (χ3v) is 7.17. The fraction of sp³-hybridized carbons (Fsp3) is 0.450. The molecule has 1 N–H and O–H groups in total. The minimum atomic E-state index is -1.42. The number of aromatic nitrogens is 2. The number of aryl methyl sites for hydroxylation is 1. The van der Waals surface area contributed by atoms with E-state index in [0.29, 0.717) is 17.7 Å². The molecular weight excluding hydrogens is 392 g/mol. The number of carbonyl (C=O) groups is 1. The average molecular weight is 417 g/mol. The number of rotatable bonds is 4. The maximum Gasteiger partial charge on any atom is 0.255 e. The van der Waals surface area contributed by atoms with E-state index in [1.807, 2.05) is 36.1 Å². The molecule has 2 heterocycles. The van der Waals surface area contributed by atoms with Crippen molar-refractivity contribution >= 4 is 34.3 Å². The topological polar surface area (TPSA) is 75.2 Å². The van der Waals surface area contributed by atoms with Gasteiger partial charge >= 0.3 is 0 Å². The molecule has 2 atom stereocenters. The van der Waals surface area contributed by atoms with Crippen LogP contribution in [0.15, 0.2) is 30.4 Å². The second-order valence-corrected chi connectivity index (χ2v) is 9.19. The van der Waals surface area contributed by atoms with Crippen molar-refractivity contribution in [1.29, 1.82) is 0 Å². The standard InChI is InChI=1S/C20H24N4O2S2/c1-14-9-10-15(20(25)24-11-5-2-6-12-24)17(13-14)23-28(26)18-8-4-3-7-16-19(18)22-27-21-16/h3-4,9-10,13,18,23H,2,5-8,11-12H2,1H3. The number of anilines is 1.